The van der Waals surface area contributed by atoms with E-state index < -0.39 is 7.75 Å². The molecule has 1 aliphatic carbocycles. The fourth-order valence-corrected chi connectivity index (χ4v) is 4.11. The zero-order valence-electron chi connectivity index (χ0n) is 15.0. The van der Waals surface area contributed by atoms with E-state index in [1.165, 1.54) is 6.07 Å². The molecule has 1 unspecified atom stereocenters. The molecule has 1 atom stereocenters. The summed E-state index contributed by atoms with van der Waals surface area (Å²) in [6.07, 6.45) is 1.81. The SMILES string of the molecule is CCCCNP(=O)(OCC)Oc1cc2[nH]c3ccccc3cc-2c(=O)c1. The van der Waals surface area contributed by atoms with E-state index in [9.17, 15) is 9.36 Å². The van der Waals surface area contributed by atoms with Crippen molar-refractivity contribution in [3.8, 4) is 17.0 Å². The van der Waals surface area contributed by atoms with Crippen molar-refractivity contribution in [2.45, 2.75) is 26.7 Å². The maximum atomic E-state index is 12.8. The highest BCUT2D eigenvalue weighted by molar-refractivity contribution is 7.52. The second-order valence-electron chi connectivity index (χ2n) is 6.01. The molecule has 1 aliphatic heterocycles. The molecule has 2 aliphatic rings. The van der Waals surface area contributed by atoms with Crippen LogP contribution < -0.4 is 15.0 Å². The molecule has 0 bridgehead atoms. The van der Waals surface area contributed by atoms with E-state index in [2.05, 4.69) is 10.1 Å². The average Bonchev–Trinajstić information content (AvgIpc) is 2.61. The van der Waals surface area contributed by atoms with Crippen LogP contribution in [0.4, 0.5) is 0 Å². The Hall–Kier alpha value is -2.14. The minimum Gasteiger partial charge on any atom is -0.413 e. The smallest absolute Gasteiger partial charge is 0.413 e. The predicted molar refractivity (Wildman–Crippen MR) is 104 cm³/mol. The van der Waals surface area contributed by atoms with Crippen molar-refractivity contribution in [2.24, 2.45) is 0 Å². The highest BCUT2D eigenvalue weighted by atomic mass is 31.2. The summed E-state index contributed by atoms with van der Waals surface area (Å²) in [6.45, 7) is 4.55. The minimum atomic E-state index is -3.52. The number of aromatic amines is 1. The summed E-state index contributed by atoms with van der Waals surface area (Å²) >= 11 is 0. The first-order valence-electron chi connectivity index (χ1n) is 8.80. The van der Waals surface area contributed by atoms with Crippen LogP contribution in [0.3, 0.4) is 0 Å². The van der Waals surface area contributed by atoms with Crippen molar-refractivity contribution in [1.82, 2.24) is 10.1 Å². The fourth-order valence-electron chi connectivity index (χ4n) is 2.75. The van der Waals surface area contributed by atoms with E-state index in [1.807, 2.05) is 37.3 Å². The lowest BCUT2D eigenvalue weighted by Gasteiger charge is -2.20. The quantitative estimate of drug-likeness (QED) is 0.344. The Morgan fingerprint density at radius 3 is 2.73 bits per heavy atom. The summed E-state index contributed by atoms with van der Waals surface area (Å²) in [5.41, 5.74) is 1.89. The molecule has 0 radical (unpaired) electrons. The Kier molecular flexibility index (Phi) is 5.77. The molecule has 0 fully saturated rings. The van der Waals surface area contributed by atoms with E-state index in [4.69, 9.17) is 9.05 Å². The normalized spacial score (nSPS) is 13.8. The first-order chi connectivity index (χ1) is 12.5. The van der Waals surface area contributed by atoms with Crippen LogP contribution in [0.5, 0.6) is 5.75 Å². The summed E-state index contributed by atoms with van der Waals surface area (Å²) < 4.78 is 23.8. The number of nitrogens with one attached hydrogen (secondary N) is 2. The third-order valence-electron chi connectivity index (χ3n) is 4.01. The van der Waals surface area contributed by atoms with Crippen molar-refractivity contribution in [3.05, 3.63) is 52.7 Å². The third kappa shape index (κ3) is 4.15. The van der Waals surface area contributed by atoms with Crippen LogP contribution in [0.2, 0.25) is 0 Å². The van der Waals surface area contributed by atoms with Gasteiger partial charge in [-0.1, -0.05) is 31.5 Å². The molecule has 0 aromatic heterocycles. The number of hydrogen-bond acceptors (Lipinski definition) is 4. The molecule has 26 heavy (non-hydrogen) atoms. The van der Waals surface area contributed by atoms with Gasteiger partial charge in [0.15, 0.2) is 5.43 Å². The lowest BCUT2D eigenvalue weighted by atomic mass is 10.1. The zero-order chi connectivity index (χ0) is 18.6. The van der Waals surface area contributed by atoms with Crippen molar-refractivity contribution in [2.75, 3.05) is 13.2 Å². The number of pyridine rings is 1. The van der Waals surface area contributed by atoms with Crippen LogP contribution in [0, 0.1) is 0 Å². The van der Waals surface area contributed by atoms with Gasteiger partial charge in [-0.25, -0.2) is 9.65 Å². The fraction of sp³-hybridized carbons (Fsp3) is 0.316. The second kappa shape index (κ2) is 8.04. The Labute approximate surface area is 152 Å². The van der Waals surface area contributed by atoms with Crippen LogP contribution >= 0.6 is 7.75 Å². The van der Waals surface area contributed by atoms with Crippen molar-refractivity contribution >= 4 is 18.6 Å². The summed E-state index contributed by atoms with van der Waals surface area (Å²) in [5, 5.41) is 3.79. The summed E-state index contributed by atoms with van der Waals surface area (Å²) in [6, 6.07) is 12.6. The number of para-hydroxylation sites is 1. The lowest BCUT2D eigenvalue weighted by Crippen LogP contribution is -2.18. The number of unbranched alkanes of at least 4 members (excludes halogenated alkanes) is 1. The largest absolute Gasteiger partial charge is 0.458 e. The molecule has 1 heterocycles. The predicted octanol–water partition coefficient (Wildman–Crippen LogP) is 4.55. The molecule has 0 saturated heterocycles. The molecule has 2 N–H and O–H groups in total. The van der Waals surface area contributed by atoms with Gasteiger partial charge in [0.05, 0.1) is 12.3 Å². The van der Waals surface area contributed by atoms with Crippen LogP contribution in [-0.4, -0.2) is 18.1 Å². The van der Waals surface area contributed by atoms with Crippen LogP contribution in [-0.2, 0) is 9.09 Å². The van der Waals surface area contributed by atoms with Gasteiger partial charge in [0.2, 0.25) is 0 Å². The highest BCUT2D eigenvalue weighted by Gasteiger charge is 2.26. The topological polar surface area (TPSA) is 80.4 Å². The van der Waals surface area contributed by atoms with Crippen LogP contribution in [0.25, 0.3) is 22.2 Å². The standard InChI is InChI=1S/C19H23N2O4P/c1-3-5-10-20-26(23,24-4-2)25-15-12-18-16(19(22)13-15)11-14-8-6-7-9-17(14)21-18/h6-9,11-13,21H,3-5,10H2,1-2H3,(H,20,23). The van der Waals surface area contributed by atoms with Gasteiger partial charge in [0.25, 0.3) is 0 Å². The van der Waals surface area contributed by atoms with Gasteiger partial charge in [-0.2, -0.15) is 0 Å². The van der Waals surface area contributed by atoms with Crippen molar-refractivity contribution in [3.63, 3.8) is 0 Å². The average molecular weight is 374 g/mol. The highest BCUT2D eigenvalue weighted by Crippen LogP contribution is 2.44. The van der Waals surface area contributed by atoms with Gasteiger partial charge in [0, 0.05) is 29.8 Å². The lowest BCUT2D eigenvalue weighted by molar-refractivity contribution is 0.268. The van der Waals surface area contributed by atoms with E-state index in [0.717, 1.165) is 23.7 Å². The van der Waals surface area contributed by atoms with E-state index >= 15 is 0 Å². The summed E-state index contributed by atoms with van der Waals surface area (Å²) in [5.74, 6) is 0.217. The van der Waals surface area contributed by atoms with Crippen molar-refractivity contribution < 1.29 is 13.6 Å². The number of benzene rings is 2. The first-order valence-corrected chi connectivity index (χ1v) is 10.3. The van der Waals surface area contributed by atoms with Crippen molar-refractivity contribution in [1.29, 1.82) is 0 Å². The minimum absolute atomic E-state index is 0.198. The van der Waals surface area contributed by atoms with Gasteiger partial charge in [-0.05, 0) is 30.9 Å². The molecule has 7 heteroatoms. The molecular formula is C19H23N2O4P. The molecular weight excluding hydrogens is 351 g/mol. The molecule has 138 valence electrons. The molecule has 6 nitrogen and oxygen atoms in total. The number of fused-ring (bicyclic) bond motifs is 2. The van der Waals surface area contributed by atoms with Gasteiger partial charge >= 0.3 is 7.75 Å². The Morgan fingerprint density at radius 1 is 1.15 bits per heavy atom. The zero-order valence-corrected chi connectivity index (χ0v) is 15.8. The van der Waals surface area contributed by atoms with E-state index in [0.29, 0.717) is 17.8 Å². The Balaban J connectivity index is 1.96. The monoisotopic (exact) mass is 374 g/mol. The molecule has 0 spiro atoms. The first kappa shape index (κ1) is 18.6. The summed E-state index contributed by atoms with van der Waals surface area (Å²) in [4.78, 5) is 15.7. The Bertz CT molecular complexity index is 969. The van der Waals surface area contributed by atoms with Gasteiger partial charge in [-0.15, -0.1) is 0 Å². The molecule has 1 aromatic carbocycles. The number of aromatic nitrogens is 1. The van der Waals surface area contributed by atoms with Gasteiger partial charge < -0.3 is 9.51 Å². The molecule has 0 amide bonds. The molecule has 1 aromatic rings. The Morgan fingerprint density at radius 2 is 1.96 bits per heavy atom. The van der Waals surface area contributed by atoms with Crippen LogP contribution in [0.15, 0.2) is 47.3 Å². The maximum Gasteiger partial charge on any atom is 0.458 e. The number of rotatable bonds is 8. The molecule has 3 rings (SSSR count). The van der Waals surface area contributed by atoms with E-state index in [-0.39, 0.29) is 17.8 Å². The second-order valence-corrected chi connectivity index (χ2v) is 7.76. The van der Waals surface area contributed by atoms with Gasteiger partial charge in [-0.3, -0.25) is 9.32 Å². The number of hydrogen-bond donors (Lipinski definition) is 2. The summed E-state index contributed by atoms with van der Waals surface area (Å²) in [7, 11) is -3.52. The third-order valence-corrected chi connectivity index (χ3v) is 5.67. The maximum absolute atomic E-state index is 12.8. The van der Waals surface area contributed by atoms with Gasteiger partial charge in [0.1, 0.15) is 5.75 Å². The van der Waals surface area contributed by atoms with Crippen LogP contribution in [0.1, 0.15) is 26.7 Å². The van der Waals surface area contributed by atoms with E-state index in [1.54, 1.807) is 13.0 Å². The molecule has 0 saturated carbocycles. The number of H-pyrrole nitrogens is 1.